The maximum Gasteiger partial charge on any atom is 0.269 e. The van der Waals surface area contributed by atoms with Crippen LogP contribution in [-0.2, 0) is 6.54 Å². The molecule has 0 amide bonds. The van der Waals surface area contributed by atoms with Gasteiger partial charge in [0, 0.05) is 45.6 Å². The third kappa shape index (κ3) is 4.68. The van der Waals surface area contributed by atoms with E-state index in [-0.39, 0.29) is 10.6 Å². The first-order valence-corrected chi connectivity index (χ1v) is 11.7. The topological polar surface area (TPSA) is 65.5 Å². The van der Waals surface area contributed by atoms with E-state index in [0.29, 0.717) is 11.6 Å². The zero-order valence-corrected chi connectivity index (χ0v) is 19.1. The molecular formula is C26H26ClN2O4+. The monoisotopic (exact) mass is 465 g/mol. The summed E-state index contributed by atoms with van der Waals surface area (Å²) in [7, 11) is 0. The van der Waals surface area contributed by atoms with E-state index in [2.05, 4.69) is 0 Å². The summed E-state index contributed by atoms with van der Waals surface area (Å²) in [5, 5.41) is 13.7. The first kappa shape index (κ1) is 21.7. The number of nitro benzene ring substituents is 1. The van der Waals surface area contributed by atoms with Crippen molar-refractivity contribution in [2.24, 2.45) is 0 Å². The van der Waals surface area contributed by atoms with Gasteiger partial charge in [0.25, 0.3) is 5.69 Å². The number of benzene rings is 3. The molecule has 1 aromatic heterocycles. The number of hydrogen-bond donors (Lipinski definition) is 0. The average molecular weight is 466 g/mol. The predicted octanol–water partition coefficient (Wildman–Crippen LogP) is 6.73. The summed E-state index contributed by atoms with van der Waals surface area (Å²) in [6.07, 6.45) is 3.65. The summed E-state index contributed by atoms with van der Waals surface area (Å²) in [4.78, 5) is 10.6. The number of non-ortho nitro benzene ring substituents is 1. The Morgan fingerprint density at radius 3 is 2.36 bits per heavy atom. The highest BCUT2D eigenvalue weighted by Crippen LogP contribution is 2.33. The first-order valence-electron chi connectivity index (χ1n) is 11.3. The number of furan rings is 1. The second-order valence-electron chi connectivity index (χ2n) is 8.90. The van der Waals surface area contributed by atoms with Gasteiger partial charge in [0.1, 0.15) is 36.6 Å². The lowest BCUT2D eigenvalue weighted by molar-refractivity contribution is -0.945. The molecule has 3 aromatic carbocycles. The SMILES string of the molecule is O=[N+]([O-])c1ccc(C[N+]2(CCOc3ccc4c(c3)oc3cc(Cl)ccc34)CCCCC2)cc1. The third-order valence-electron chi connectivity index (χ3n) is 6.67. The van der Waals surface area contributed by atoms with E-state index in [9.17, 15) is 10.1 Å². The molecule has 0 spiro atoms. The minimum atomic E-state index is -0.351. The van der Waals surface area contributed by atoms with Crippen molar-refractivity contribution in [2.75, 3.05) is 26.2 Å². The molecule has 0 radical (unpaired) electrons. The van der Waals surface area contributed by atoms with Crippen molar-refractivity contribution in [1.82, 2.24) is 0 Å². The van der Waals surface area contributed by atoms with Gasteiger partial charge >= 0.3 is 0 Å². The minimum absolute atomic E-state index is 0.135. The van der Waals surface area contributed by atoms with Crippen molar-refractivity contribution < 1.29 is 18.6 Å². The number of rotatable bonds is 7. The van der Waals surface area contributed by atoms with Gasteiger partial charge in [-0.3, -0.25) is 10.1 Å². The Morgan fingerprint density at radius 1 is 0.939 bits per heavy atom. The largest absolute Gasteiger partial charge is 0.488 e. The quantitative estimate of drug-likeness (QED) is 0.172. The third-order valence-corrected chi connectivity index (χ3v) is 6.91. The maximum absolute atomic E-state index is 11.0. The number of fused-ring (bicyclic) bond motifs is 3. The van der Waals surface area contributed by atoms with Gasteiger partial charge in [-0.05, 0) is 55.7 Å². The molecule has 0 saturated carbocycles. The summed E-state index contributed by atoms with van der Waals surface area (Å²) < 4.78 is 13.1. The van der Waals surface area contributed by atoms with Gasteiger partial charge in [0.2, 0.25) is 0 Å². The van der Waals surface area contributed by atoms with Crippen LogP contribution in [-0.4, -0.2) is 35.6 Å². The molecule has 0 N–H and O–H groups in total. The minimum Gasteiger partial charge on any atom is -0.488 e. The van der Waals surface area contributed by atoms with Crippen molar-refractivity contribution in [3.63, 3.8) is 0 Å². The molecular weight excluding hydrogens is 440 g/mol. The number of likely N-dealkylation sites (tertiary alicyclic amines) is 1. The van der Waals surface area contributed by atoms with Crippen LogP contribution >= 0.6 is 11.6 Å². The van der Waals surface area contributed by atoms with E-state index >= 15 is 0 Å². The van der Waals surface area contributed by atoms with Crippen LogP contribution < -0.4 is 4.74 Å². The Labute approximate surface area is 197 Å². The molecule has 0 aliphatic carbocycles. The Bertz CT molecular complexity index is 1290. The summed E-state index contributed by atoms with van der Waals surface area (Å²) in [5.74, 6) is 0.790. The Balaban J connectivity index is 1.29. The van der Waals surface area contributed by atoms with Crippen molar-refractivity contribution in [2.45, 2.75) is 25.8 Å². The van der Waals surface area contributed by atoms with Crippen LogP contribution in [0.5, 0.6) is 5.75 Å². The molecule has 1 aliphatic heterocycles. The van der Waals surface area contributed by atoms with E-state index in [0.717, 1.165) is 63.9 Å². The number of nitro groups is 1. The summed E-state index contributed by atoms with van der Waals surface area (Å²) in [6, 6.07) is 18.6. The molecule has 170 valence electrons. The fraction of sp³-hybridized carbons (Fsp3) is 0.308. The van der Waals surface area contributed by atoms with Crippen LogP contribution in [0.25, 0.3) is 21.9 Å². The van der Waals surface area contributed by atoms with Crippen LogP contribution in [0.15, 0.2) is 65.1 Å². The molecule has 33 heavy (non-hydrogen) atoms. The Hall–Kier alpha value is -3.09. The second kappa shape index (κ2) is 9.04. The summed E-state index contributed by atoms with van der Waals surface area (Å²) >= 11 is 6.10. The fourth-order valence-corrected chi connectivity index (χ4v) is 5.09. The highest BCUT2D eigenvalue weighted by Gasteiger charge is 2.30. The summed E-state index contributed by atoms with van der Waals surface area (Å²) in [6.45, 7) is 4.56. The molecule has 4 aromatic rings. The summed E-state index contributed by atoms with van der Waals surface area (Å²) in [5.41, 5.74) is 2.83. The van der Waals surface area contributed by atoms with Gasteiger partial charge in [0.15, 0.2) is 0 Å². The van der Waals surface area contributed by atoms with Gasteiger partial charge in [-0.2, -0.15) is 0 Å². The number of piperidine rings is 1. The number of ether oxygens (including phenoxy) is 1. The molecule has 0 unspecified atom stereocenters. The highest BCUT2D eigenvalue weighted by atomic mass is 35.5. The first-order chi connectivity index (χ1) is 16.0. The van der Waals surface area contributed by atoms with Crippen LogP contribution in [0.3, 0.4) is 0 Å². The molecule has 5 rings (SSSR count). The molecule has 0 bridgehead atoms. The maximum atomic E-state index is 11.0. The number of hydrogen-bond acceptors (Lipinski definition) is 4. The van der Waals surface area contributed by atoms with Gasteiger partial charge in [-0.25, -0.2) is 0 Å². The smallest absolute Gasteiger partial charge is 0.269 e. The molecule has 0 atom stereocenters. The molecule has 1 aliphatic rings. The molecule has 7 heteroatoms. The Kier molecular flexibility index (Phi) is 5.96. The lowest BCUT2D eigenvalue weighted by atomic mass is 10.0. The number of quaternary nitrogens is 1. The normalized spacial score (nSPS) is 15.7. The lowest BCUT2D eigenvalue weighted by Crippen LogP contribution is -2.52. The van der Waals surface area contributed by atoms with E-state index in [1.165, 1.54) is 19.3 Å². The van der Waals surface area contributed by atoms with Crippen LogP contribution in [0.2, 0.25) is 5.02 Å². The van der Waals surface area contributed by atoms with E-state index in [1.54, 1.807) is 12.1 Å². The van der Waals surface area contributed by atoms with Crippen molar-refractivity contribution in [1.29, 1.82) is 0 Å². The van der Waals surface area contributed by atoms with E-state index in [1.807, 2.05) is 48.5 Å². The van der Waals surface area contributed by atoms with Crippen molar-refractivity contribution >= 4 is 39.2 Å². The molecule has 6 nitrogen and oxygen atoms in total. The Morgan fingerprint density at radius 2 is 1.64 bits per heavy atom. The standard InChI is InChI=1S/C26H26ClN2O4/c27-20-6-10-23-24-11-9-22(17-26(24)33-25(23)16-20)32-15-14-29(12-2-1-3-13-29)18-19-4-7-21(8-5-19)28(30)31/h4-11,16-17H,1-3,12-15,18H2/q+1. The average Bonchev–Trinajstić information content (AvgIpc) is 3.16. The van der Waals surface area contributed by atoms with Crippen LogP contribution in [0.1, 0.15) is 24.8 Å². The zero-order chi connectivity index (χ0) is 22.8. The van der Waals surface area contributed by atoms with Gasteiger partial charge in [-0.1, -0.05) is 11.6 Å². The van der Waals surface area contributed by atoms with Crippen LogP contribution in [0.4, 0.5) is 5.69 Å². The molecule has 2 heterocycles. The van der Waals surface area contributed by atoms with E-state index < -0.39 is 0 Å². The highest BCUT2D eigenvalue weighted by molar-refractivity contribution is 6.31. The van der Waals surface area contributed by atoms with Gasteiger partial charge in [0.05, 0.1) is 18.0 Å². The fourth-order valence-electron chi connectivity index (χ4n) is 4.93. The lowest BCUT2D eigenvalue weighted by Gasteiger charge is -2.41. The molecule has 1 saturated heterocycles. The number of nitrogens with zero attached hydrogens (tertiary/aromatic N) is 2. The van der Waals surface area contributed by atoms with Crippen LogP contribution in [0, 0.1) is 10.1 Å². The molecule has 1 fully saturated rings. The predicted molar refractivity (Wildman–Crippen MR) is 130 cm³/mol. The van der Waals surface area contributed by atoms with Gasteiger partial charge < -0.3 is 13.6 Å². The second-order valence-corrected chi connectivity index (χ2v) is 9.34. The number of halogens is 1. The zero-order valence-electron chi connectivity index (χ0n) is 18.3. The van der Waals surface area contributed by atoms with Crippen molar-refractivity contribution in [3.8, 4) is 5.75 Å². The van der Waals surface area contributed by atoms with E-state index in [4.69, 9.17) is 20.8 Å². The van der Waals surface area contributed by atoms with Crippen molar-refractivity contribution in [3.05, 3.63) is 81.4 Å². The van der Waals surface area contributed by atoms with Gasteiger partial charge in [-0.15, -0.1) is 0 Å².